The van der Waals surface area contributed by atoms with E-state index in [0.29, 0.717) is 13.1 Å². The van der Waals surface area contributed by atoms with E-state index >= 15 is 0 Å². The predicted molar refractivity (Wildman–Crippen MR) is 95.3 cm³/mol. The van der Waals surface area contributed by atoms with Crippen LogP contribution >= 0.6 is 0 Å². The molecule has 3 rings (SSSR count). The van der Waals surface area contributed by atoms with Crippen LogP contribution in [-0.2, 0) is 13.1 Å². The molecule has 3 heterocycles. The summed E-state index contributed by atoms with van der Waals surface area (Å²) in [5, 5.41) is 9.21. The van der Waals surface area contributed by atoms with Crippen molar-refractivity contribution < 1.29 is 0 Å². The zero-order chi connectivity index (χ0) is 17.4. The maximum Gasteiger partial charge on any atom is 0.0834 e. The standard InChI is InChI=1S/C19H25N5/c1-12-14(3)21-23(16(12)5)10-18-8-7-9-19(20-18)11-24-17(6)13(2)15(4)22-24/h7-9H,10-11H2,1-6H3. The summed E-state index contributed by atoms with van der Waals surface area (Å²) < 4.78 is 4.06. The molecule has 0 fully saturated rings. The minimum absolute atomic E-state index is 0.699. The Morgan fingerprint density at radius 1 is 0.708 bits per heavy atom. The van der Waals surface area contributed by atoms with Gasteiger partial charge in [-0.2, -0.15) is 10.2 Å². The lowest BCUT2D eigenvalue weighted by Gasteiger charge is -2.08. The highest BCUT2D eigenvalue weighted by molar-refractivity contribution is 5.24. The van der Waals surface area contributed by atoms with Gasteiger partial charge in [0.2, 0.25) is 0 Å². The van der Waals surface area contributed by atoms with Crippen molar-refractivity contribution in [2.45, 2.75) is 54.6 Å². The van der Waals surface area contributed by atoms with E-state index in [0.717, 1.165) is 22.8 Å². The van der Waals surface area contributed by atoms with Crippen molar-refractivity contribution in [2.24, 2.45) is 0 Å². The smallest absolute Gasteiger partial charge is 0.0834 e. The second-order valence-corrected chi connectivity index (χ2v) is 6.53. The van der Waals surface area contributed by atoms with Crippen molar-refractivity contribution >= 4 is 0 Å². The molecule has 3 aromatic heterocycles. The molecule has 0 aliphatic rings. The highest BCUT2D eigenvalue weighted by Gasteiger charge is 2.10. The molecule has 0 radical (unpaired) electrons. The first-order chi connectivity index (χ1) is 11.4. The molecular weight excluding hydrogens is 298 g/mol. The van der Waals surface area contributed by atoms with Crippen molar-refractivity contribution in [1.29, 1.82) is 0 Å². The summed E-state index contributed by atoms with van der Waals surface area (Å²) in [6.07, 6.45) is 0. The van der Waals surface area contributed by atoms with E-state index in [1.54, 1.807) is 0 Å². The Hall–Kier alpha value is -2.43. The molecule has 24 heavy (non-hydrogen) atoms. The van der Waals surface area contributed by atoms with E-state index in [4.69, 9.17) is 4.98 Å². The number of rotatable bonds is 4. The van der Waals surface area contributed by atoms with Crippen LogP contribution in [0.25, 0.3) is 0 Å². The Labute approximate surface area is 143 Å². The van der Waals surface area contributed by atoms with Crippen LogP contribution in [0.15, 0.2) is 18.2 Å². The Bertz CT molecular complexity index is 816. The van der Waals surface area contributed by atoms with Gasteiger partial charge in [0.05, 0.1) is 35.9 Å². The molecule has 0 aliphatic carbocycles. The highest BCUT2D eigenvalue weighted by atomic mass is 15.3. The summed E-state index contributed by atoms with van der Waals surface area (Å²) in [7, 11) is 0. The largest absolute Gasteiger partial charge is 0.263 e. The maximum atomic E-state index is 4.80. The van der Waals surface area contributed by atoms with Gasteiger partial charge in [0.15, 0.2) is 0 Å². The van der Waals surface area contributed by atoms with Crippen LogP contribution in [0.5, 0.6) is 0 Å². The predicted octanol–water partition coefficient (Wildman–Crippen LogP) is 3.42. The Kier molecular flexibility index (Phi) is 4.26. The molecule has 0 bridgehead atoms. The van der Waals surface area contributed by atoms with Crippen molar-refractivity contribution in [3.63, 3.8) is 0 Å². The molecule has 0 saturated carbocycles. The van der Waals surface area contributed by atoms with Crippen LogP contribution < -0.4 is 0 Å². The molecule has 0 saturated heterocycles. The second-order valence-electron chi connectivity index (χ2n) is 6.53. The van der Waals surface area contributed by atoms with Crippen molar-refractivity contribution in [3.05, 3.63) is 63.5 Å². The van der Waals surface area contributed by atoms with E-state index in [-0.39, 0.29) is 0 Å². The number of nitrogens with zero attached hydrogens (tertiary/aromatic N) is 5. The van der Waals surface area contributed by atoms with Gasteiger partial charge in [-0.05, 0) is 64.8 Å². The molecule has 0 spiro atoms. The second kappa shape index (κ2) is 6.23. The monoisotopic (exact) mass is 323 g/mol. The van der Waals surface area contributed by atoms with Crippen LogP contribution in [0.1, 0.15) is 45.3 Å². The van der Waals surface area contributed by atoms with E-state index in [2.05, 4.69) is 56.1 Å². The van der Waals surface area contributed by atoms with Gasteiger partial charge in [-0.15, -0.1) is 0 Å². The SMILES string of the molecule is Cc1nn(Cc2cccc(Cn3nc(C)c(C)c3C)n2)c(C)c1C. The van der Waals surface area contributed by atoms with Gasteiger partial charge in [-0.3, -0.25) is 14.3 Å². The average molecular weight is 323 g/mol. The summed E-state index contributed by atoms with van der Waals surface area (Å²) >= 11 is 0. The zero-order valence-electron chi connectivity index (χ0n) is 15.4. The molecule has 5 heteroatoms. The van der Waals surface area contributed by atoms with Gasteiger partial charge >= 0.3 is 0 Å². The summed E-state index contributed by atoms with van der Waals surface area (Å²) in [4.78, 5) is 4.80. The molecular formula is C19H25N5. The van der Waals surface area contributed by atoms with Gasteiger partial charge in [-0.1, -0.05) is 6.07 Å². The molecule has 126 valence electrons. The van der Waals surface area contributed by atoms with Crippen molar-refractivity contribution in [2.75, 3.05) is 0 Å². The summed E-state index contributed by atoms with van der Waals surface area (Å²) in [5.74, 6) is 0. The number of hydrogen-bond acceptors (Lipinski definition) is 3. The van der Waals surface area contributed by atoms with E-state index in [1.165, 1.54) is 22.5 Å². The lowest BCUT2D eigenvalue weighted by Crippen LogP contribution is -2.10. The molecule has 0 unspecified atom stereocenters. The number of hydrogen-bond donors (Lipinski definition) is 0. The fraction of sp³-hybridized carbons (Fsp3) is 0.421. The van der Waals surface area contributed by atoms with Crippen molar-refractivity contribution in [1.82, 2.24) is 24.5 Å². The average Bonchev–Trinajstić information content (AvgIpc) is 2.93. The van der Waals surface area contributed by atoms with Crippen molar-refractivity contribution in [3.8, 4) is 0 Å². The third-order valence-corrected chi connectivity index (χ3v) is 4.97. The molecule has 5 nitrogen and oxygen atoms in total. The lowest BCUT2D eigenvalue weighted by molar-refractivity contribution is 0.624. The maximum absolute atomic E-state index is 4.80. The van der Waals surface area contributed by atoms with Crippen LogP contribution in [0.3, 0.4) is 0 Å². The first-order valence-corrected chi connectivity index (χ1v) is 8.33. The highest BCUT2D eigenvalue weighted by Crippen LogP contribution is 2.14. The van der Waals surface area contributed by atoms with E-state index < -0.39 is 0 Å². The molecule has 0 aromatic carbocycles. The normalized spacial score (nSPS) is 11.2. The van der Waals surface area contributed by atoms with Gasteiger partial charge in [0.1, 0.15) is 0 Å². The molecule has 0 N–H and O–H groups in total. The Morgan fingerprint density at radius 3 is 1.46 bits per heavy atom. The fourth-order valence-corrected chi connectivity index (χ4v) is 2.89. The topological polar surface area (TPSA) is 48.5 Å². The summed E-state index contributed by atoms with van der Waals surface area (Å²) in [6, 6.07) is 6.18. The van der Waals surface area contributed by atoms with Crippen LogP contribution in [-0.4, -0.2) is 24.5 Å². The number of aryl methyl sites for hydroxylation is 2. The van der Waals surface area contributed by atoms with Crippen LogP contribution in [0, 0.1) is 41.5 Å². The molecule has 0 amide bonds. The number of aromatic nitrogens is 5. The third-order valence-electron chi connectivity index (χ3n) is 4.97. The van der Waals surface area contributed by atoms with Gasteiger partial charge in [0.25, 0.3) is 0 Å². The molecule has 3 aromatic rings. The number of pyridine rings is 1. The summed E-state index contributed by atoms with van der Waals surface area (Å²) in [6.45, 7) is 13.9. The van der Waals surface area contributed by atoms with E-state index in [1.807, 2.05) is 23.2 Å². The van der Waals surface area contributed by atoms with Crippen LogP contribution in [0.4, 0.5) is 0 Å². The molecule has 0 aliphatic heterocycles. The van der Waals surface area contributed by atoms with Gasteiger partial charge in [-0.25, -0.2) is 0 Å². The third kappa shape index (κ3) is 2.98. The fourth-order valence-electron chi connectivity index (χ4n) is 2.89. The Morgan fingerprint density at radius 2 is 1.12 bits per heavy atom. The zero-order valence-corrected chi connectivity index (χ0v) is 15.4. The quantitative estimate of drug-likeness (QED) is 0.739. The Balaban J connectivity index is 1.84. The lowest BCUT2D eigenvalue weighted by atomic mass is 10.2. The van der Waals surface area contributed by atoms with Crippen LogP contribution in [0.2, 0.25) is 0 Å². The first-order valence-electron chi connectivity index (χ1n) is 8.33. The van der Waals surface area contributed by atoms with Gasteiger partial charge in [0, 0.05) is 11.4 Å². The van der Waals surface area contributed by atoms with Gasteiger partial charge < -0.3 is 0 Å². The minimum atomic E-state index is 0.699. The first kappa shape index (κ1) is 16.4. The minimum Gasteiger partial charge on any atom is -0.263 e. The summed E-state index contributed by atoms with van der Waals surface area (Å²) in [5.41, 5.74) is 9.13. The molecule has 0 atom stereocenters. The van der Waals surface area contributed by atoms with E-state index in [9.17, 15) is 0 Å².